The monoisotopic (exact) mass is 252 g/mol. The van der Waals surface area contributed by atoms with E-state index in [2.05, 4.69) is 0 Å². The van der Waals surface area contributed by atoms with Gasteiger partial charge in [-0.15, -0.1) is 0 Å². The summed E-state index contributed by atoms with van der Waals surface area (Å²) in [5.74, 6) is 3.68. The van der Waals surface area contributed by atoms with Gasteiger partial charge in [-0.25, -0.2) is 0 Å². The molecule has 1 spiro atoms. The quantitative estimate of drug-likeness (QED) is 0.833. The lowest BCUT2D eigenvalue weighted by molar-refractivity contribution is 0.00390. The predicted molar refractivity (Wildman–Crippen MR) is 67.9 cm³/mol. The number of ether oxygens (including phenoxy) is 2. The lowest BCUT2D eigenvalue weighted by atomic mass is 9.88. The minimum absolute atomic E-state index is 0.147. The van der Waals surface area contributed by atoms with Crippen LogP contribution in [0.15, 0.2) is 18.2 Å². The van der Waals surface area contributed by atoms with Crippen LogP contribution in [0.2, 0.25) is 0 Å². The number of benzene rings is 1. The minimum atomic E-state index is -0.437. The fraction of sp³-hybridized carbons (Fsp3) is 0.538. The summed E-state index contributed by atoms with van der Waals surface area (Å²) in [4.78, 5) is 0. The standard InChI is InChI=1S/C13H16O3S/c1-15-9-2-3-12-10(6-9)11(14)7-13(16-12)4-5-17-8-13/h2-3,6,11,14H,4-5,7-8H2,1H3/t11-,13?/m1/s1. The van der Waals surface area contributed by atoms with E-state index in [1.807, 2.05) is 30.0 Å². The Bertz CT molecular complexity index is 427. The average molecular weight is 252 g/mol. The molecule has 1 N–H and O–H groups in total. The Morgan fingerprint density at radius 3 is 3.12 bits per heavy atom. The maximum absolute atomic E-state index is 10.3. The second-order valence-electron chi connectivity index (χ2n) is 4.71. The average Bonchev–Trinajstić information content (AvgIpc) is 2.77. The van der Waals surface area contributed by atoms with Crippen molar-refractivity contribution >= 4 is 11.8 Å². The van der Waals surface area contributed by atoms with E-state index in [0.29, 0.717) is 6.42 Å². The number of aliphatic hydroxyl groups is 1. The molecule has 0 bridgehead atoms. The van der Waals surface area contributed by atoms with Gasteiger partial charge >= 0.3 is 0 Å². The predicted octanol–water partition coefficient (Wildman–Crippen LogP) is 2.39. The molecule has 1 aromatic carbocycles. The van der Waals surface area contributed by atoms with Gasteiger partial charge in [-0.1, -0.05) is 0 Å². The van der Waals surface area contributed by atoms with Crippen LogP contribution >= 0.6 is 11.8 Å². The molecular weight excluding hydrogens is 236 g/mol. The molecule has 1 unspecified atom stereocenters. The number of hydrogen-bond donors (Lipinski definition) is 1. The third-order valence-corrected chi connectivity index (χ3v) is 4.76. The molecule has 2 aliphatic rings. The van der Waals surface area contributed by atoms with Crippen LogP contribution in [0.4, 0.5) is 0 Å². The van der Waals surface area contributed by atoms with Crippen LogP contribution in [0.5, 0.6) is 11.5 Å². The normalized spacial score (nSPS) is 31.1. The summed E-state index contributed by atoms with van der Waals surface area (Å²) in [6.07, 6.45) is 1.29. The molecule has 0 amide bonds. The Hall–Kier alpha value is -0.870. The van der Waals surface area contributed by atoms with Crippen molar-refractivity contribution in [2.24, 2.45) is 0 Å². The van der Waals surface area contributed by atoms with E-state index in [1.54, 1.807) is 7.11 Å². The first-order chi connectivity index (χ1) is 8.22. The third kappa shape index (κ3) is 1.89. The van der Waals surface area contributed by atoms with Crippen LogP contribution in [-0.2, 0) is 0 Å². The van der Waals surface area contributed by atoms with Crippen LogP contribution in [0.25, 0.3) is 0 Å². The second-order valence-corrected chi connectivity index (χ2v) is 5.82. The molecule has 1 saturated heterocycles. The Kier molecular flexibility index (Phi) is 2.71. The van der Waals surface area contributed by atoms with Crippen molar-refractivity contribution in [2.45, 2.75) is 24.5 Å². The molecule has 4 heteroatoms. The van der Waals surface area contributed by atoms with Gasteiger partial charge in [0.15, 0.2) is 0 Å². The lowest BCUT2D eigenvalue weighted by Crippen LogP contribution is -2.41. The molecule has 0 aliphatic carbocycles. The number of thioether (sulfide) groups is 1. The molecule has 2 heterocycles. The smallest absolute Gasteiger partial charge is 0.126 e. The van der Waals surface area contributed by atoms with Crippen molar-refractivity contribution in [3.8, 4) is 11.5 Å². The molecular formula is C13H16O3S. The van der Waals surface area contributed by atoms with Gasteiger partial charge in [0.05, 0.1) is 13.2 Å². The first kappa shape index (κ1) is 11.2. The SMILES string of the molecule is COc1ccc2c(c1)[C@H](O)CC1(CCSC1)O2. The molecule has 1 fully saturated rings. The summed E-state index contributed by atoms with van der Waals surface area (Å²) < 4.78 is 11.3. The zero-order valence-corrected chi connectivity index (χ0v) is 10.6. The number of fused-ring (bicyclic) bond motifs is 1. The van der Waals surface area contributed by atoms with Gasteiger partial charge in [0, 0.05) is 17.7 Å². The van der Waals surface area contributed by atoms with Crippen molar-refractivity contribution in [1.82, 2.24) is 0 Å². The molecule has 3 rings (SSSR count). The van der Waals surface area contributed by atoms with Crippen LogP contribution in [0.3, 0.4) is 0 Å². The summed E-state index contributed by atoms with van der Waals surface area (Å²) in [5.41, 5.74) is 0.706. The molecule has 92 valence electrons. The van der Waals surface area contributed by atoms with E-state index in [-0.39, 0.29) is 5.60 Å². The van der Waals surface area contributed by atoms with Crippen LogP contribution in [0.1, 0.15) is 24.5 Å². The lowest BCUT2D eigenvalue weighted by Gasteiger charge is -2.37. The van der Waals surface area contributed by atoms with Crippen LogP contribution in [0, 0.1) is 0 Å². The largest absolute Gasteiger partial charge is 0.497 e. The molecule has 17 heavy (non-hydrogen) atoms. The highest BCUT2D eigenvalue weighted by Gasteiger charge is 2.43. The highest BCUT2D eigenvalue weighted by atomic mass is 32.2. The van der Waals surface area contributed by atoms with Gasteiger partial charge < -0.3 is 14.6 Å². The minimum Gasteiger partial charge on any atom is -0.497 e. The van der Waals surface area contributed by atoms with Crippen LogP contribution in [-0.4, -0.2) is 29.3 Å². The van der Waals surface area contributed by atoms with E-state index >= 15 is 0 Å². The van der Waals surface area contributed by atoms with E-state index in [0.717, 1.165) is 35.0 Å². The van der Waals surface area contributed by atoms with E-state index in [1.165, 1.54) is 0 Å². The van der Waals surface area contributed by atoms with Gasteiger partial charge in [0.25, 0.3) is 0 Å². The van der Waals surface area contributed by atoms with Crippen molar-refractivity contribution in [2.75, 3.05) is 18.6 Å². The van der Waals surface area contributed by atoms with E-state index in [9.17, 15) is 5.11 Å². The topological polar surface area (TPSA) is 38.7 Å². The summed E-state index contributed by atoms with van der Waals surface area (Å²) in [7, 11) is 1.63. The number of hydrogen-bond acceptors (Lipinski definition) is 4. The Labute approximate surface area is 105 Å². The molecule has 2 atom stereocenters. The molecule has 0 saturated carbocycles. The molecule has 2 aliphatic heterocycles. The fourth-order valence-electron chi connectivity index (χ4n) is 2.57. The third-order valence-electron chi connectivity index (χ3n) is 3.53. The second kappa shape index (κ2) is 4.10. The summed E-state index contributed by atoms with van der Waals surface area (Å²) in [6.45, 7) is 0. The number of aliphatic hydroxyl groups excluding tert-OH is 1. The summed E-state index contributed by atoms with van der Waals surface area (Å²) in [5, 5.41) is 10.3. The van der Waals surface area contributed by atoms with Crippen LogP contribution < -0.4 is 9.47 Å². The number of rotatable bonds is 1. The Balaban J connectivity index is 1.96. The molecule has 0 aromatic heterocycles. The zero-order chi connectivity index (χ0) is 11.9. The fourth-order valence-corrected chi connectivity index (χ4v) is 3.93. The van der Waals surface area contributed by atoms with Crippen molar-refractivity contribution in [3.05, 3.63) is 23.8 Å². The maximum Gasteiger partial charge on any atom is 0.126 e. The van der Waals surface area contributed by atoms with Crippen molar-refractivity contribution in [1.29, 1.82) is 0 Å². The highest BCUT2D eigenvalue weighted by Crippen LogP contribution is 2.46. The molecule has 0 radical (unpaired) electrons. The van der Waals surface area contributed by atoms with Gasteiger partial charge in [0.2, 0.25) is 0 Å². The van der Waals surface area contributed by atoms with Crippen molar-refractivity contribution in [3.63, 3.8) is 0 Å². The highest BCUT2D eigenvalue weighted by molar-refractivity contribution is 7.99. The Morgan fingerprint density at radius 2 is 2.41 bits per heavy atom. The summed E-state index contributed by atoms with van der Waals surface area (Å²) >= 11 is 1.90. The van der Waals surface area contributed by atoms with Gasteiger partial charge in [0.1, 0.15) is 17.1 Å². The van der Waals surface area contributed by atoms with Gasteiger partial charge in [-0.2, -0.15) is 11.8 Å². The van der Waals surface area contributed by atoms with Gasteiger partial charge in [-0.05, 0) is 30.4 Å². The zero-order valence-electron chi connectivity index (χ0n) is 9.81. The first-order valence-corrected chi connectivity index (χ1v) is 7.01. The Morgan fingerprint density at radius 1 is 1.53 bits per heavy atom. The van der Waals surface area contributed by atoms with E-state index < -0.39 is 6.10 Å². The van der Waals surface area contributed by atoms with E-state index in [4.69, 9.17) is 9.47 Å². The molecule has 1 aromatic rings. The number of methoxy groups -OCH3 is 1. The van der Waals surface area contributed by atoms with Gasteiger partial charge in [-0.3, -0.25) is 0 Å². The first-order valence-electron chi connectivity index (χ1n) is 5.85. The maximum atomic E-state index is 10.3. The summed E-state index contributed by atoms with van der Waals surface area (Å²) in [6, 6.07) is 5.66. The van der Waals surface area contributed by atoms with Crippen molar-refractivity contribution < 1.29 is 14.6 Å². The molecule has 3 nitrogen and oxygen atoms in total.